The van der Waals surface area contributed by atoms with Crippen LogP contribution in [0, 0.1) is 0 Å². The third-order valence-corrected chi connectivity index (χ3v) is 5.47. The summed E-state index contributed by atoms with van der Waals surface area (Å²) in [6.07, 6.45) is -4.39. The molecule has 1 N–H and O–H groups in total. The Morgan fingerprint density at radius 2 is 2.00 bits per heavy atom. The molecule has 1 aromatic heterocycles. The lowest BCUT2D eigenvalue weighted by molar-refractivity contribution is -0.138. The second-order valence-corrected chi connectivity index (χ2v) is 6.89. The molecule has 0 saturated heterocycles. The van der Waals surface area contributed by atoms with Crippen LogP contribution in [0.4, 0.5) is 13.2 Å². The van der Waals surface area contributed by atoms with E-state index in [1.165, 1.54) is 23.5 Å². The molecule has 0 bridgehead atoms. The number of thiophene rings is 1. The monoisotopic (exact) mass is 397 g/mol. The molecular weight excluding hydrogens is 387 g/mol. The van der Waals surface area contributed by atoms with Gasteiger partial charge in [-0.1, -0.05) is 36.7 Å². The van der Waals surface area contributed by atoms with Gasteiger partial charge < -0.3 is 5.32 Å². The first-order chi connectivity index (χ1) is 9.84. The second-order valence-electron chi connectivity index (χ2n) is 4.35. The Morgan fingerprint density at radius 3 is 2.52 bits per heavy atom. The van der Waals surface area contributed by atoms with Crippen molar-refractivity contribution in [2.24, 2.45) is 0 Å². The van der Waals surface area contributed by atoms with Gasteiger partial charge in [0.25, 0.3) is 0 Å². The highest BCUT2D eigenvalue weighted by atomic mass is 79.9. The maximum Gasteiger partial charge on any atom is 0.416 e. The third kappa shape index (κ3) is 3.80. The SMILES string of the molecule is CCNC(c1cc(Br)c(Cl)s1)c1ccccc1C(F)(F)F. The van der Waals surface area contributed by atoms with E-state index in [-0.39, 0.29) is 5.56 Å². The summed E-state index contributed by atoms with van der Waals surface area (Å²) >= 11 is 10.6. The molecule has 1 aromatic carbocycles. The zero-order chi connectivity index (χ0) is 15.6. The van der Waals surface area contributed by atoms with Crippen molar-refractivity contribution in [2.75, 3.05) is 6.54 Å². The van der Waals surface area contributed by atoms with Gasteiger partial charge in [0.05, 0.1) is 11.6 Å². The highest BCUT2D eigenvalue weighted by Crippen LogP contribution is 2.41. The fraction of sp³-hybridized carbons (Fsp3) is 0.286. The van der Waals surface area contributed by atoms with E-state index in [2.05, 4.69) is 21.2 Å². The molecule has 0 aliphatic heterocycles. The number of halogens is 5. The minimum atomic E-state index is -4.39. The fourth-order valence-corrected chi connectivity index (χ4v) is 3.91. The number of alkyl halides is 3. The Hall–Kier alpha value is -0.560. The zero-order valence-corrected chi connectivity index (χ0v) is 14.1. The van der Waals surface area contributed by atoms with E-state index in [1.54, 1.807) is 12.1 Å². The lowest BCUT2D eigenvalue weighted by Crippen LogP contribution is -2.24. The minimum absolute atomic E-state index is 0.206. The zero-order valence-electron chi connectivity index (χ0n) is 11.0. The van der Waals surface area contributed by atoms with E-state index in [0.717, 1.165) is 10.9 Å². The van der Waals surface area contributed by atoms with Gasteiger partial charge >= 0.3 is 6.18 Å². The summed E-state index contributed by atoms with van der Waals surface area (Å²) in [5.41, 5.74) is -0.422. The van der Waals surface area contributed by atoms with Crippen LogP contribution in [0.2, 0.25) is 4.34 Å². The number of hydrogen-bond acceptors (Lipinski definition) is 2. The molecule has 0 radical (unpaired) electrons. The Kier molecular flexibility index (Phi) is 5.35. The number of hydrogen-bond donors (Lipinski definition) is 1. The van der Waals surface area contributed by atoms with Gasteiger partial charge in [-0.2, -0.15) is 13.2 Å². The normalized spacial score (nSPS) is 13.4. The van der Waals surface area contributed by atoms with Gasteiger partial charge in [-0.25, -0.2) is 0 Å². The summed E-state index contributed by atoms with van der Waals surface area (Å²) in [5.74, 6) is 0. The van der Waals surface area contributed by atoms with Crippen molar-refractivity contribution in [3.8, 4) is 0 Å². The second kappa shape index (κ2) is 6.69. The Bertz CT molecular complexity index is 607. The Labute approximate surface area is 138 Å². The molecule has 114 valence electrons. The molecule has 0 fully saturated rings. The summed E-state index contributed by atoms with van der Waals surface area (Å²) in [5, 5.41) is 3.10. The number of benzene rings is 1. The van der Waals surface area contributed by atoms with Gasteiger partial charge in [-0.05, 0) is 40.2 Å². The van der Waals surface area contributed by atoms with E-state index in [4.69, 9.17) is 11.6 Å². The van der Waals surface area contributed by atoms with E-state index >= 15 is 0 Å². The Balaban J connectivity index is 2.53. The predicted molar refractivity (Wildman–Crippen MR) is 84.0 cm³/mol. The Morgan fingerprint density at radius 1 is 1.33 bits per heavy atom. The fourth-order valence-electron chi connectivity index (χ4n) is 2.08. The molecule has 0 spiro atoms. The van der Waals surface area contributed by atoms with Crippen LogP contribution in [0.5, 0.6) is 0 Å². The van der Waals surface area contributed by atoms with Crippen molar-refractivity contribution in [3.05, 3.63) is 55.1 Å². The third-order valence-electron chi connectivity index (χ3n) is 2.93. The smallest absolute Gasteiger partial charge is 0.306 e. The van der Waals surface area contributed by atoms with Crippen molar-refractivity contribution < 1.29 is 13.2 Å². The molecule has 1 atom stereocenters. The standard InChI is InChI=1S/C14H12BrClF3NS/c1-2-20-12(11-7-10(15)13(16)21-11)8-5-3-4-6-9(8)14(17,18)19/h3-7,12,20H,2H2,1H3. The van der Waals surface area contributed by atoms with Crippen LogP contribution >= 0.6 is 38.9 Å². The van der Waals surface area contributed by atoms with Gasteiger partial charge in [0.2, 0.25) is 0 Å². The maximum atomic E-state index is 13.2. The predicted octanol–water partition coefficient (Wildman–Crippen LogP) is 5.88. The molecule has 1 nitrogen and oxygen atoms in total. The molecular formula is C14H12BrClF3NS. The maximum absolute atomic E-state index is 13.2. The highest BCUT2D eigenvalue weighted by molar-refractivity contribution is 9.10. The van der Waals surface area contributed by atoms with Gasteiger partial charge in [-0.3, -0.25) is 0 Å². The van der Waals surface area contributed by atoms with Gasteiger partial charge in [-0.15, -0.1) is 11.3 Å². The summed E-state index contributed by atoms with van der Waals surface area (Å²) in [6.45, 7) is 2.40. The van der Waals surface area contributed by atoms with Crippen LogP contribution < -0.4 is 5.32 Å². The molecule has 2 rings (SSSR count). The molecule has 0 aliphatic carbocycles. The van der Waals surface area contributed by atoms with Crippen molar-refractivity contribution in [1.82, 2.24) is 5.32 Å². The quantitative estimate of drug-likeness (QED) is 0.678. The average molecular weight is 399 g/mol. The lowest BCUT2D eigenvalue weighted by Gasteiger charge is -2.21. The van der Waals surface area contributed by atoms with E-state index in [0.29, 0.717) is 15.4 Å². The molecule has 0 aliphatic rings. The van der Waals surface area contributed by atoms with Crippen molar-refractivity contribution in [2.45, 2.75) is 19.1 Å². The van der Waals surface area contributed by atoms with Crippen LogP contribution in [0.1, 0.15) is 29.0 Å². The highest BCUT2D eigenvalue weighted by Gasteiger charge is 2.35. The molecule has 0 amide bonds. The largest absolute Gasteiger partial charge is 0.416 e. The topological polar surface area (TPSA) is 12.0 Å². The van der Waals surface area contributed by atoms with Crippen LogP contribution in [0.15, 0.2) is 34.8 Å². The average Bonchev–Trinajstić information content (AvgIpc) is 2.75. The van der Waals surface area contributed by atoms with E-state index in [9.17, 15) is 13.2 Å². The van der Waals surface area contributed by atoms with Crippen LogP contribution in [0.25, 0.3) is 0 Å². The van der Waals surface area contributed by atoms with Crippen molar-refractivity contribution in [3.63, 3.8) is 0 Å². The molecule has 21 heavy (non-hydrogen) atoms. The van der Waals surface area contributed by atoms with Crippen molar-refractivity contribution in [1.29, 1.82) is 0 Å². The summed E-state index contributed by atoms with van der Waals surface area (Å²) in [6, 6.07) is 6.82. The molecule has 1 unspecified atom stereocenters. The molecule has 1 heterocycles. The minimum Gasteiger partial charge on any atom is -0.306 e. The first-order valence-electron chi connectivity index (χ1n) is 6.18. The van der Waals surface area contributed by atoms with Gasteiger partial charge in [0, 0.05) is 9.35 Å². The first kappa shape index (κ1) is 16.8. The van der Waals surface area contributed by atoms with Crippen LogP contribution in [-0.4, -0.2) is 6.54 Å². The van der Waals surface area contributed by atoms with Crippen molar-refractivity contribution >= 4 is 38.9 Å². The van der Waals surface area contributed by atoms with E-state index < -0.39 is 17.8 Å². The summed E-state index contributed by atoms with van der Waals surface area (Å²) < 4.78 is 40.8. The summed E-state index contributed by atoms with van der Waals surface area (Å²) in [4.78, 5) is 0.741. The van der Waals surface area contributed by atoms with Gasteiger partial charge in [0.1, 0.15) is 4.34 Å². The van der Waals surface area contributed by atoms with Crippen LogP contribution in [-0.2, 0) is 6.18 Å². The first-order valence-corrected chi connectivity index (χ1v) is 8.17. The van der Waals surface area contributed by atoms with Crippen LogP contribution in [0.3, 0.4) is 0 Å². The lowest BCUT2D eigenvalue weighted by atomic mass is 9.98. The summed E-state index contributed by atoms with van der Waals surface area (Å²) in [7, 11) is 0. The van der Waals surface area contributed by atoms with E-state index in [1.807, 2.05) is 6.92 Å². The number of nitrogens with one attached hydrogen (secondary N) is 1. The molecule has 7 heteroatoms. The number of rotatable bonds is 4. The van der Waals surface area contributed by atoms with Gasteiger partial charge in [0.15, 0.2) is 0 Å². The molecule has 0 saturated carbocycles. The molecule has 2 aromatic rings.